The first kappa shape index (κ1) is 13.2. The average molecular weight is 283 g/mol. The van der Waals surface area contributed by atoms with Crippen molar-refractivity contribution in [3.63, 3.8) is 0 Å². The Kier molecular flexibility index (Phi) is 3.13. The first-order valence-electron chi connectivity index (χ1n) is 6.45. The third-order valence-corrected chi connectivity index (χ3v) is 3.31. The van der Waals surface area contributed by atoms with E-state index in [9.17, 15) is 4.39 Å². The standard InChI is InChI=1S/C15H14FN5/c1-8-3-12(16)13(17)5-11(8)9-4-10-7-20-15(18-2)21-14(10)19-6-9/h3-7H,17H2,1-2H3,(H,18,19,20,21). The number of pyridine rings is 1. The molecular weight excluding hydrogens is 269 g/mol. The molecule has 0 spiro atoms. The van der Waals surface area contributed by atoms with Crippen LogP contribution in [0, 0.1) is 12.7 Å². The predicted molar refractivity (Wildman–Crippen MR) is 81.4 cm³/mol. The van der Waals surface area contributed by atoms with Gasteiger partial charge in [0.25, 0.3) is 0 Å². The fourth-order valence-corrected chi connectivity index (χ4v) is 2.19. The van der Waals surface area contributed by atoms with Crippen LogP contribution in [0.2, 0.25) is 0 Å². The van der Waals surface area contributed by atoms with Crippen molar-refractivity contribution in [3.05, 3.63) is 42.0 Å². The highest BCUT2D eigenvalue weighted by Crippen LogP contribution is 2.28. The van der Waals surface area contributed by atoms with Crippen molar-refractivity contribution in [2.75, 3.05) is 18.1 Å². The van der Waals surface area contributed by atoms with Crippen molar-refractivity contribution in [1.29, 1.82) is 0 Å². The maximum Gasteiger partial charge on any atom is 0.224 e. The minimum absolute atomic E-state index is 0.123. The maximum atomic E-state index is 13.4. The van der Waals surface area contributed by atoms with Gasteiger partial charge in [-0.3, -0.25) is 0 Å². The van der Waals surface area contributed by atoms with Gasteiger partial charge in [-0.2, -0.15) is 4.98 Å². The van der Waals surface area contributed by atoms with E-state index in [2.05, 4.69) is 20.3 Å². The molecule has 0 aliphatic rings. The molecule has 1 aromatic carbocycles. The van der Waals surface area contributed by atoms with Crippen LogP contribution in [0.3, 0.4) is 0 Å². The van der Waals surface area contributed by atoms with E-state index in [1.54, 1.807) is 25.5 Å². The van der Waals surface area contributed by atoms with Gasteiger partial charge in [0.05, 0.1) is 5.69 Å². The molecule has 21 heavy (non-hydrogen) atoms. The number of rotatable bonds is 2. The SMILES string of the molecule is CNc1ncc2cc(-c3cc(N)c(F)cc3C)cnc2n1. The molecule has 0 saturated carbocycles. The zero-order valence-electron chi connectivity index (χ0n) is 11.7. The number of nitrogens with one attached hydrogen (secondary N) is 1. The van der Waals surface area contributed by atoms with Gasteiger partial charge in [-0.25, -0.2) is 14.4 Å². The fourth-order valence-electron chi connectivity index (χ4n) is 2.19. The Morgan fingerprint density at radius 2 is 1.95 bits per heavy atom. The van der Waals surface area contributed by atoms with Crippen molar-refractivity contribution in [2.24, 2.45) is 0 Å². The second kappa shape index (κ2) is 4.97. The lowest BCUT2D eigenvalue weighted by molar-refractivity contribution is 0.631. The number of nitrogens with two attached hydrogens (primary N) is 1. The molecule has 106 valence electrons. The van der Waals surface area contributed by atoms with Crippen molar-refractivity contribution in [2.45, 2.75) is 6.92 Å². The van der Waals surface area contributed by atoms with Crippen LogP contribution in [0.4, 0.5) is 16.0 Å². The minimum Gasteiger partial charge on any atom is -0.396 e. The summed E-state index contributed by atoms with van der Waals surface area (Å²) in [5.74, 6) is 0.108. The van der Waals surface area contributed by atoms with E-state index < -0.39 is 5.82 Å². The molecule has 0 unspecified atom stereocenters. The van der Waals surface area contributed by atoms with E-state index in [1.165, 1.54) is 6.07 Å². The summed E-state index contributed by atoms with van der Waals surface area (Å²) in [5, 5.41) is 3.68. The zero-order valence-corrected chi connectivity index (χ0v) is 11.7. The molecule has 0 atom stereocenters. The largest absolute Gasteiger partial charge is 0.396 e. The number of anilines is 2. The lowest BCUT2D eigenvalue weighted by Gasteiger charge is -2.09. The molecule has 0 fully saturated rings. The quantitative estimate of drug-likeness (QED) is 0.707. The molecule has 2 heterocycles. The molecule has 0 saturated heterocycles. The Hall–Kier alpha value is -2.76. The van der Waals surface area contributed by atoms with Gasteiger partial charge >= 0.3 is 0 Å². The minimum atomic E-state index is -0.410. The second-order valence-corrected chi connectivity index (χ2v) is 4.77. The van der Waals surface area contributed by atoms with Gasteiger partial charge in [-0.1, -0.05) is 0 Å². The number of hydrogen-bond acceptors (Lipinski definition) is 5. The summed E-state index contributed by atoms with van der Waals surface area (Å²) in [4.78, 5) is 12.8. The summed E-state index contributed by atoms with van der Waals surface area (Å²) >= 11 is 0. The number of aromatic nitrogens is 3. The van der Waals surface area contributed by atoms with Crippen molar-refractivity contribution >= 4 is 22.7 Å². The number of hydrogen-bond donors (Lipinski definition) is 2. The molecule has 3 aromatic rings. The van der Waals surface area contributed by atoms with Gasteiger partial charge in [0.15, 0.2) is 5.65 Å². The van der Waals surface area contributed by atoms with Crippen LogP contribution in [-0.4, -0.2) is 22.0 Å². The fraction of sp³-hybridized carbons (Fsp3) is 0.133. The number of fused-ring (bicyclic) bond motifs is 1. The van der Waals surface area contributed by atoms with E-state index >= 15 is 0 Å². The van der Waals surface area contributed by atoms with Crippen LogP contribution in [0.15, 0.2) is 30.6 Å². The first-order valence-corrected chi connectivity index (χ1v) is 6.45. The van der Waals surface area contributed by atoms with Crippen molar-refractivity contribution in [3.8, 4) is 11.1 Å². The Morgan fingerprint density at radius 3 is 2.71 bits per heavy atom. The molecule has 3 N–H and O–H groups in total. The summed E-state index contributed by atoms with van der Waals surface area (Å²) in [6.07, 6.45) is 3.40. The van der Waals surface area contributed by atoms with Crippen molar-refractivity contribution in [1.82, 2.24) is 15.0 Å². The average Bonchev–Trinajstić information content (AvgIpc) is 2.50. The van der Waals surface area contributed by atoms with Gasteiger partial charge in [0.2, 0.25) is 5.95 Å². The number of nitrogens with zero attached hydrogens (tertiary/aromatic N) is 3. The van der Waals surface area contributed by atoms with Gasteiger partial charge in [-0.05, 0) is 36.2 Å². The van der Waals surface area contributed by atoms with E-state index in [-0.39, 0.29) is 5.69 Å². The first-order chi connectivity index (χ1) is 10.1. The molecule has 0 aliphatic carbocycles. The molecule has 5 nitrogen and oxygen atoms in total. The smallest absolute Gasteiger partial charge is 0.224 e. The Balaban J connectivity index is 2.15. The number of benzene rings is 1. The lowest BCUT2D eigenvalue weighted by atomic mass is 10.0. The van der Waals surface area contributed by atoms with Gasteiger partial charge in [-0.15, -0.1) is 0 Å². The highest BCUT2D eigenvalue weighted by molar-refractivity contribution is 5.82. The molecule has 0 aliphatic heterocycles. The Morgan fingerprint density at radius 1 is 1.14 bits per heavy atom. The topological polar surface area (TPSA) is 76.7 Å². The summed E-state index contributed by atoms with van der Waals surface area (Å²) in [6.45, 7) is 1.84. The Bertz CT molecular complexity index is 832. The lowest BCUT2D eigenvalue weighted by Crippen LogP contribution is -1.98. The van der Waals surface area contributed by atoms with Crippen LogP contribution in [0.1, 0.15) is 5.56 Å². The van der Waals surface area contributed by atoms with E-state index in [1.807, 2.05) is 13.0 Å². The number of halogens is 1. The highest BCUT2D eigenvalue weighted by Gasteiger charge is 2.09. The van der Waals surface area contributed by atoms with Crippen LogP contribution in [0.25, 0.3) is 22.2 Å². The monoisotopic (exact) mass is 283 g/mol. The maximum absolute atomic E-state index is 13.4. The van der Waals surface area contributed by atoms with Gasteiger partial charge < -0.3 is 11.1 Å². The van der Waals surface area contributed by atoms with Crippen LogP contribution >= 0.6 is 0 Å². The molecule has 3 rings (SSSR count). The van der Waals surface area contributed by atoms with Crippen LogP contribution in [-0.2, 0) is 0 Å². The molecule has 0 bridgehead atoms. The molecule has 2 aromatic heterocycles. The van der Waals surface area contributed by atoms with Gasteiger partial charge in [0.1, 0.15) is 5.82 Å². The number of nitrogen functional groups attached to an aromatic ring is 1. The third kappa shape index (κ3) is 2.35. The summed E-state index contributed by atoms with van der Waals surface area (Å²) < 4.78 is 13.4. The Labute approximate surface area is 121 Å². The number of aryl methyl sites for hydroxylation is 1. The zero-order chi connectivity index (χ0) is 15.0. The van der Waals surface area contributed by atoms with E-state index in [0.29, 0.717) is 11.6 Å². The summed E-state index contributed by atoms with van der Waals surface area (Å²) in [6, 6.07) is 4.97. The van der Waals surface area contributed by atoms with Crippen molar-refractivity contribution < 1.29 is 4.39 Å². The van der Waals surface area contributed by atoms with E-state index in [4.69, 9.17) is 5.73 Å². The summed E-state index contributed by atoms with van der Waals surface area (Å²) in [5.41, 5.74) is 8.88. The van der Waals surface area contributed by atoms with Crippen LogP contribution in [0.5, 0.6) is 0 Å². The molecule has 6 heteroatoms. The highest BCUT2D eigenvalue weighted by atomic mass is 19.1. The van der Waals surface area contributed by atoms with Gasteiger partial charge in [0, 0.05) is 30.4 Å². The molecular formula is C15H14FN5. The normalized spacial score (nSPS) is 10.8. The molecule has 0 radical (unpaired) electrons. The van der Waals surface area contributed by atoms with E-state index in [0.717, 1.165) is 22.1 Å². The second-order valence-electron chi connectivity index (χ2n) is 4.77. The van der Waals surface area contributed by atoms with Crippen LogP contribution < -0.4 is 11.1 Å². The summed E-state index contributed by atoms with van der Waals surface area (Å²) in [7, 11) is 1.75. The third-order valence-electron chi connectivity index (χ3n) is 3.31. The predicted octanol–water partition coefficient (Wildman–Crippen LogP) is 2.76. The molecule has 0 amide bonds.